The van der Waals surface area contributed by atoms with Crippen LogP contribution in [0.1, 0.15) is 21.9 Å². The number of allylic oxidation sites excluding steroid dienone is 1. The highest BCUT2D eigenvalue weighted by atomic mass is 16.5. The number of carboxylic acids is 1. The Morgan fingerprint density at radius 3 is 2.58 bits per heavy atom. The van der Waals surface area contributed by atoms with Gasteiger partial charge in [-0.05, 0) is 35.9 Å². The minimum Gasteiger partial charge on any atom is -0.493 e. The van der Waals surface area contributed by atoms with Crippen LogP contribution in [-0.2, 0) is 6.61 Å². The molecule has 7 heteroatoms. The molecule has 0 aliphatic rings. The van der Waals surface area contributed by atoms with Gasteiger partial charge in [-0.15, -0.1) is 0 Å². The van der Waals surface area contributed by atoms with Gasteiger partial charge in [0.05, 0.1) is 7.11 Å². The predicted octanol–water partition coefficient (Wildman–Crippen LogP) is 3.00. The highest BCUT2D eigenvalue weighted by Gasteiger charge is 2.11. The van der Waals surface area contributed by atoms with E-state index in [1.807, 2.05) is 0 Å². The van der Waals surface area contributed by atoms with Crippen molar-refractivity contribution >= 4 is 12.0 Å². The number of aromatic carboxylic acids is 1. The molecule has 1 aromatic carbocycles. The molecule has 0 saturated heterocycles. The monoisotopic (exact) mass is 324 g/mol. The van der Waals surface area contributed by atoms with Crippen LogP contribution in [0.15, 0.2) is 40.3 Å². The molecule has 0 aliphatic carbocycles. The molecule has 0 bridgehead atoms. The summed E-state index contributed by atoms with van der Waals surface area (Å²) in [6, 6.07) is 11.3. The summed E-state index contributed by atoms with van der Waals surface area (Å²) in [5, 5.41) is 26.3. The molecule has 7 nitrogen and oxygen atoms in total. The Morgan fingerprint density at radius 2 is 2.00 bits per heavy atom. The van der Waals surface area contributed by atoms with Crippen LogP contribution in [0, 0.1) is 22.7 Å². The molecule has 0 unspecified atom stereocenters. The van der Waals surface area contributed by atoms with Gasteiger partial charge in [0, 0.05) is 0 Å². The van der Waals surface area contributed by atoms with E-state index in [0.29, 0.717) is 22.8 Å². The third-order valence-corrected chi connectivity index (χ3v) is 2.98. The quantitative estimate of drug-likeness (QED) is 0.812. The van der Waals surface area contributed by atoms with E-state index in [1.54, 1.807) is 30.3 Å². The molecule has 0 saturated carbocycles. The molecule has 0 aliphatic heterocycles. The molecule has 24 heavy (non-hydrogen) atoms. The lowest BCUT2D eigenvalue weighted by molar-refractivity contribution is 0.0658. The van der Waals surface area contributed by atoms with Gasteiger partial charge in [-0.3, -0.25) is 0 Å². The second-order valence-electron chi connectivity index (χ2n) is 4.55. The molecule has 0 spiro atoms. The zero-order chi connectivity index (χ0) is 17.5. The van der Waals surface area contributed by atoms with E-state index >= 15 is 0 Å². The first kappa shape index (κ1) is 16.7. The van der Waals surface area contributed by atoms with Crippen molar-refractivity contribution in [2.75, 3.05) is 7.11 Å². The zero-order valence-electron chi connectivity index (χ0n) is 12.6. The van der Waals surface area contributed by atoms with Crippen molar-refractivity contribution in [1.29, 1.82) is 10.5 Å². The summed E-state index contributed by atoms with van der Waals surface area (Å²) in [4.78, 5) is 10.8. The Hall–Kier alpha value is -3.71. The van der Waals surface area contributed by atoms with Crippen LogP contribution in [0.4, 0.5) is 0 Å². The Kier molecular flexibility index (Phi) is 5.22. The standard InChI is InChI=1S/C17H12N2O5/c1-22-16-7-11(6-12(8-18)9-19)2-4-14(16)23-10-13-3-5-15(24-13)17(20)21/h2-7H,10H2,1H3,(H,20,21). The van der Waals surface area contributed by atoms with Crippen LogP contribution in [0.3, 0.4) is 0 Å². The van der Waals surface area contributed by atoms with Crippen molar-refractivity contribution in [1.82, 2.24) is 0 Å². The van der Waals surface area contributed by atoms with E-state index < -0.39 is 5.97 Å². The summed E-state index contributed by atoms with van der Waals surface area (Å²) in [7, 11) is 1.46. The SMILES string of the molecule is COc1cc(C=C(C#N)C#N)ccc1OCc1ccc(C(=O)O)o1. The number of furan rings is 1. The lowest BCUT2D eigenvalue weighted by atomic mass is 10.1. The third-order valence-electron chi connectivity index (χ3n) is 2.98. The first-order valence-electron chi connectivity index (χ1n) is 6.72. The molecule has 2 rings (SSSR count). The summed E-state index contributed by atoms with van der Waals surface area (Å²) in [6.07, 6.45) is 1.43. The molecule has 120 valence electrons. The van der Waals surface area contributed by atoms with Gasteiger partial charge < -0.3 is 19.0 Å². The molecule has 0 fully saturated rings. The van der Waals surface area contributed by atoms with Crippen LogP contribution in [-0.4, -0.2) is 18.2 Å². The lowest BCUT2D eigenvalue weighted by Gasteiger charge is -2.10. The largest absolute Gasteiger partial charge is 0.493 e. The number of methoxy groups -OCH3 is 1. The fourth-order valence-corrected chi connectivity index (χ4v) is 1.87. The number of benzene rings is 1. The molecule has 2 aromatic rings. The number of hydrogen-bond donors (Lipinski definition) is 1. The van der Waals surface area contributed by atoms with E-state index in [1.165, 1.54) is 25.3 Å². The summed E-state index contributed by atoms with van der Waals surface area (Å²) >= 11 is 0. The summed E-state index contributed by atoms with van der Waals surface area (Å²) in [5.74, 6) is -0.139. The molecule has 1 aromatic heterocycles. The van der Waals surface area contributed by atoms with Gasteiger partial charge in [-0.1, -0.05) is 6.07 Å². The van der Waals surface area contributed by atoms with Gasteiger partial charge in [0.1, 0.15) is 30.1 Å². The Morgan fingerprint density at radius 1 is 1.25 bits per heavy atom. The molecular weight excluding hydrogens is 312 g/mol. The average Bonchev–Trinajstić information content (AvgIpc) is 3.07. The molecular formula is C17H12N2O5. The van der Waals surface area contributed by atoms with Gasteiger partial charge >= 0.3 is 5.97 Å². The molecule has 0 radical (unpaired) electrons. The smallest absolute Gasteiger partial charge is 0.371 e. The number of rotatable bonds is 6. The lowest BCUT2D eigenvalue weighted by Crippen LogP contribution is -1.97. The van der Waals surface area contributed by atoms with Crippen molar-refractivity contribution in [3.63, 3.8) is 0 Å². The number of hydrogen-bond acceptors (Lipinski definition) is 6. The van der Waals surface area contributed by atoms with E-state index in [4.69, 9.17) is 29.5 Å². The Bertz CT molecular complexity index is 852. The molecule has 1 heterocycles. The maximum Gasteiger partial charge on any atom is 0.371 e. The van der Waals surface area contributed by atoms with Gasteiger partial charge in [0.2, 0.25) is 5.76 Å². The van der Waals surface area contributed by atoms with Crippen LogP contribution in [0.2, 0.25) is 0 Å². The maximum absolute atomic E-state index is 10.8. The van der Waals surface area contributed by atoms with Crippen LogP contribution in [0.25, 0.3) is 6.08 Å². The van der Waals surface area contributed by atoms with Crippen molar-refractivity contribution < 1.29 is 23.8 Å². The third kappa shape index (κ3) is 3.93. The van der Waals surface area contributed by atoms with E-state index in [0.717, 1.165) is 0 Å². The van der Waals surface area contributed by atoms with Crippen molar-refractivity contribution in [2.45, 2.75) is 6.61 Å². The Balaban J connectivity index is 2.16. The zero-order valence-corrected chi connectivity index (χ0v) is 12.6. The van der Waals surface area contributed by atoms with E-state index in [2.05, 4.69) is 0 Å². The second-order valence-corrected chi connectivity index (χ2v) is 4.55. The van der Waals surface area contributed by atoms with E-state index in [9.17, 15) is 4.79 Å². The van der Waals surface area contributed by atoms with Gasteiger partial charge in [-0.25, -0.2) is 4.79 Å². The molecule has 0 atom stereocenters. The first-order valence-corrected chi connectivity index (χ1v) is 6.72. The van der Waals surface area contributed by atoms with Gasteiger partial charge in [0.25, 0.3) is 0 Å². The van der Waals surface area contributed by atoms with Gasteiger partial charge in [0.15, 0.2) is 11.5 Å². The highest BCUT2D eigenvalue weighted by Crippen LogP contribution is 2.29. The maximum atomic E-state index is 10.8. The van der Waals surface area contributed by atoms with Crippen molar-refractivity contribution in [3.8, 4) is 23.6 Å². The average molecular weight is 324 g/mol. The van der Waals surface area contributed by atoms with Crippen molar-refractivity contribution in [3.05, 3.63) is 53.0 Å². The number of ether oxygens (including phenoxy) is 2. The first-order chi connectivity index (χ1) is 11.6. The Labute approximate surface area is 137 Å². The number of carboxylic acid groups (broad SMARTS) is 1. The molecule has 0 amide bonds. The van der Waals surface area contributed by atoms with Crippen LogP contribution in [0.5, 0.6) is 11.5 Å². The van der Waals surface area contributed by atoms with Crippen molar-refractivity contribution in [2.24, 2.45) is 0 Å². The number of nitriles is 2. The number of carbonyl (C=O) groups is 1. The minimum atomic E-state index is -1.15. The fraction of sp³-hybridized carbons (Fsp3) is 0.118. The van der Waals surface area contributed by atoms with Crippen LogP contribution < -0.4 is 9.47 Å². The van der Waals surface area contributed by atoms with Crippen LogP contribution >= 0.6 is 0 Å². The number of nitrogens with zero attached hydrogens (tertiary/aromatic N) is 2. The predicted molar refractivity (Wildman–Crippen MR) is 82.2 cm³/mol. The second kappa shape index (κ2) is 7.52. The topological polar surface area (TPSA) is 116 Å². The summed E-state index contributed by atoms with van der Waals surface area (Å²) in [6.45, 7) is 0.0282. The summed E-state index contributed by atoms with van der Waals surface area (Å²) in [5.41, 5.74) is 0.589. The fourth-order valence-electron chi connectivity index (χ4n) is 1.87. The minimum absolute atomic E-state index is 0.0255. The van der Waals surface area contributed by atoms with Gasteiger partial charge in [-0.2, -0.15) is 10.5 Å². The van der Waals surface area contributed by atoms with E-state index in [-0.39, 0.29) is 17.9 Å². The highest BCUT2D eigenvalue weighted by molar-refractivity contribution is 5.84. The normalized spacial score (nSPS) is 9.46. The molecule has 1 N–H and O–H groups in total. The summed E-state index contributed by atoms with van der Waals surface area (Å²) < 4.78 is 15.9.